The number of rotatable bonds is 5. The predicted octanol–water partition coefficient (Wildman–Crippen LogP) is 4.22. The Morgan fingerprint density at radius 2 is 1.48 bits per heavy atom. The molecule has 0 heterocycles. The summed E-state index contributed by atoms with van der Waals surface area (Å²) >= 11 is 0. The van der Waals surface area contributed by atoms with E-state index in [4.69, 9.17) is 0 Å². The van der Waals surface area contributed by atoms with Gasteiger partial charge in [0.1, 0.15) is 0 Å². The van der Waals surface area contributed by atoms with E-state index >= 15 is 0 Å². The summed E-state index contributed by atoms with van der Waals surface area (Å²) in [6, 6.07) is 18.7. The molecule has 23 heavy (non-hydrogen) atoms. The fourth-order valence-corrected chi connectivity index (χ4v) is 5.37. The van der Waals surface area contributed by atoms with E-state index < -0.39 is 13.2 Å². The molecule has 120 valence electrons. The largest absolute Gasteiger partial charge is 0.388 e. The van der Waals surface area contributed by atoms with Gasteiger partial charge in [-0.25, -0.2) is 0 Å². The fourth-order valence-electron chi connectivity index (χ4n) is 2.46. The zero-order valence-corrected chi connectivity index (χ0v) is 14.8. The van der Waals surface area contributed by atoms with Crippen molar-refractivity contribution in [1.82, 2.24) is 0 Å². The summed E-state index contributed by atoms with van der Waals surface area (Å²) in [6.45, 7) is 5.63. The quantitative estimate of drug-likeness (QED) is 0.660. The third-order valence-corrected chi connectivity index (χ3v) is 7.06. The Hall–Kier alpha value is -1.85. The Bertz CT molecular complexity index is 711. The second-order valence-corrected chi connectivity index (χ2v) is 8.33. The van der Waals surface area contributed by atoms with Gasteiger partial charge in [-0.3, -0.25) is 0 Å². The van der Waals surface area contributed by atoms with Crippen molar-refractivity contribution in [3.63, 3.8) is 0 Å². The minimum atomic E-state index is -3.12. The van der Waals surface area contributed by atoms with Gasteiger partial charge >= 0.3 is 0 Å². The van der Waals surface area contributed by atoms with Gasteiger partial charge in [0.15, 0.2) is 7.14 Å². The van der Waals surface area contributed by atoms with E-state index in [1.165, 1.54) is 0 Å². The van der Waals surface area contributed by atoms with Gasteiger partial charge < -0.3 is 9.67 Å². The number of benzene rings is 2. The van der Waals surface area contributed by atoms with E-state index in [1.807, 2.05) is 74.5 Å². The third kappa shape index (κ3) is 3.74. The molecule has 1 N–H and O–H groups in total. The predicted molar refractivity (Wildman–Crippen MR) is 97.9 cm³/mol. The molecule has 0 spiro atoms. The second-order valence-electron chi connectivity index (χ2n) is 5.60. The first-order chi connectivity index (χ1) is 11.0. The topological polar surface area (TPSA) is 37.3 Å². The van der Waals surface area contributed by atoms with Crippen molar-refractivity contribution >= 4 is 17.8 Å². The highest BCUT2D eigenvalue weighted by atomic mass is 31.2. The molecule has 0 aliphatic rings. The molecule has 0 fully saturated rings. The molecule has 2 rings (SSSR count). The molecule has 2 aromatic rings. The van der Waals surface area contributed by atoms with Crippen LogP contribution in [0.3, 0.4) is 0 Å². The lowest BCUT2D eigenvalue weighted by Gasteiger charge is -2.23. The Morgan fingerprint density at radius 1 is 1.04 bits per heavy atom. The molecular formula is C20H23O2P. The third-order valence-electron chi connectivity index (χ3n) is 3.85. The lowest BCUT2D eigenvalue weighted by molar-refractivity contribution is 0.239. The first kappa shape index (κ1) is 17.5. The lowest BCUT2D eigenvalue weighted by atomic mass is 10.2. The van der Waals surface area contributed by atoms with Crippen LogP contribution in [0.15, 0.2) is 77.3 Å². The minimum Gasteiger partial charge on any atom is -0.388 e. The van der Waals surface area contributed by atoms with E-state index in [0.717, 1.165) is 22.6 Å². The van der Waals surface area contributed by atoms with Crippen molar-refractivity contribution in [3.05, 3.63) is 77.3 Å². The zero-order chi connectivity index (χ0) is 16.9. The minimum absolute atomic E-state index is 0.467. The van der Waals surface area contributed by atoms with Crippen LogP contribution >= 0.6 is 7.14 Å². The Kier molecular flexibility index (Phi) is 5.80. The summed E-state index contributed by atoms with van der Waals surface area (Å²) < 4.78 is 14.1. The van der Waals surface area contributed by atoms with Crippen molar-refractivity contribution in [2.24, 2.45) is 0 Å². The summed E-state index contributed by atoms with van der Waals surface area (Å²) in [5, 5.41) is 12.2. The van der Waals surface area contributed by atoms with Crippen LogP contribution in [0.2, 0.25) is 0 Å². The number of hydrogen-bond acceptors (Lipinski definition) is 2. The summed E-state index contributed by atoms with van der Waals surface area (Å²) in [4.78, 5) is 0. The van der Waals surface area contributed by atoms with Crippen molar-refractivity contribution in [2.75, 3.05) is 0 Å². The number of aliphatic hydroxyl groups excluding tert-OH is 1. The summed E-state index contributed by atoms with van der Waals surface area (Å²) in [5.74, 6) is 0. The van der Waals surface area contributed by atoms with Crippen LogP contribution in [0.25, 0.3) is 0 Å². The van der Waals surface area contributed by atoms with E-state index in [9.17, 15) is 9.67 Å². The molecule has 0 aromatic heterocycles. The number of aliphatic hydroxyl groups is 1. The molecule has 0 saturated heterocycles. The fraction of sp³-hybridized carbons (Fsp3) is 0.250. The molecular weight excluding hydrogens is 303 g/mol. The van der Waals surface area contributed by atoms with Gasteiger partial charge in [0, 0.05) is 10.6 Å². The molecule has 1 unspecified atom stereocenters. The van der Waals surface area contributed by atoms with Gasteiger partial charge in [-0.2, -0.15) is 0 Å². The van der Waals surface area contributed by atoms with Crippen LogP contribution in [0.5, 0.6) is 0 Å². The molecule has 0 aliphatic heterocycles. The maximum atomic E-state index is 14.1. The van der Waals surface area contributed by atoms with Crippen LogP contribution in [0, 0.1) is 0 Å². The normalized spacial score (nSPS) is 12.3. The molecule has 3 heteroatoms. The van der Waals surface area contributed by atoms with Gasteiger partial charge in [0.25, 0.3) is 0 Å². The van der Waals surface area contributed by atoms with Gasteiger partial charge in [0.2, 0.25) is 0 Å². The first-order valence-corrected chi connectivity index (χ1v) is 9.57. The first-order valence-electron chi connectivity index (χ1n) is 7.86. The van der Waals surface area contributed by atoms with Gasteiger partial charge in [0.05, 0.1) is 11.4 Å². The Balaban J connectivity index is 2.83. The summed E-state index contributed by atoms with van der Waals surface area (Å²) in [7, 11) is -3.12. The van der Waals surface area contributed by atoms with Crippen molar-refractivity contribution < 1.29 is 9.67 Å². The maximum absolute atomic E-state index is 14.1. The van der Waals surface area contributed by atoms with Crippen LogP contribution < -0.4 is 10.6 Å². The maximum Gasteiger partial charge on any atom is 0.177 e. The Morgan fingerprint density at radius 3 is 1.83 bits per heavy atom. The monoisotopic (exact) mass is 326 g/mol. The second kappa shape index (κ2) is 7.62. The summed E-state index contributed by atoms with van der Waals surface area (Å²) in [5.41, 5.74) is 4.20. The average molecular weight is 326 g/mol. The molecule has 0 amide bonds. The SMILES string of the molecule is CCC(C)=C=C(C(C)O)P(=O)(c1ccccc1)c1ccccc1. The van der Waals surface area contributed by atoms with Gasteiger partial charge in [-0.05, 0) is 25.8 Å². The molecule has 1 atom stereocenters. The van der Waals surface area contributed by atoms with Crippen molar-refractivity contribution in [1.29, 1.82) is 0 Å². The van der Waals surface area contributed by atoms with E-state index in [0.29, 0.717) is 5.31 Å². The van der Waals surface area contributed by atoms with E-state index in [2.05, 4.69) is 5.73 Å². The lowest BCUT2D eigenvalue weighted by Crippen LogP contribution is -2.21. The van der Waals surface area contributed by atoms with Crippen LogP contribution in [-0.4, -0.2) is 11.2 Å². The molecule has 2 nitrogen and oxygen atoms in total. The molecule has 2 aromatic carbocycles. The summed E-state index contributed by atoms with van der Waals surface area (Å²) in [6.07, 6.45) is -0.0254. The standard InChI is InChI=1S/C20H23O2P/c1-4-16(2)15-20(17(3)21)23(22,18-11-7-5-8-12-18)19-13-9-6-10-14-19/h5-14,17,21H,4H2,1-3H3. The average Bonchev–Trinajstić information content (AvgIpc) is 2.60. The van der Waals surface area contributed by atoms with Crippen LogP contribution in [-0.2, 0) is 4.57 Å². The molecule has 0 bridgehead atoms. The molecule has 0 aliphatic carbocycles. The van der Waals surface area contributed by atoms with Crippen molar-refractivity contribution in [2.45, 2.75) is 33.3 Å². The highest BCUT2D eigenvalue weighted by molar-refractivity contribution is 7.82. The van der Waals surface area contributed by atoms with E-state index in [-0.39, 0.29) is 0 Å². The van der Waals surface area contributed by atoms with Crippen LogP contribution in [0.1, 0.15) is 27.2 Å². The van der Waals surface area contributed by atoms with E-state index in [1.54, 1.807) is 6.92 Å². The molecule has 0 radical (unpaired) electrons. The smallest absolute Gasteiger partial charge is 0.177 e. The number of hydrogen-bond donors (Lipinski definition) is 1. The highest BCUT2D eigenvalue weighted by Crippen LogP contribution is 2.52. The van der Waals surface area contributed by atoms with Gasteiger partial charge in [-0.1, -0.05) is 67.6 Å². The highest BCUT2D eigenvalue weighted by Gasteiger charge is 2.34. The van der Waals surface area contributed by atoms with Crippen molar-refractivity contribution in [3.8, 4) is 0 Å². The molecule has 0 saturated carbocycles. The Labute approximate surface area is 138 Å². The van der Waals surface area contributed by atoms with Crippen LogP contribution in [0.4, 0.5) is 0 Å². The zero-order valence-electron chi connectivity index (χ0n) is 13.9. The van der Waals surface area contributed by atoms with Gasteiger partial charge in [-0.15, -0.1) is 5.73 Å².